The maximum absolute atomic E-state index is 12.4. The van der Waals surface area contributed by atoms with Crippen LogP contribution in [0.3, 0.4) is 0 Å². The zero-order valence-electron chi connectivity index (χ0n) is 16.5. The van der Waals surface area contributed by atoms with Gasteiger partial charge in [-0.25, -0.2) is 0 Å². The second-order valence-corrected chi connectivity index (χ2v) is 7.55. The first kappa shape index (κ1) is 20.6. The summed E-state index contributed by atoms with van der Waals surface area (Å²) < 4.78 is 5.16. The molecule has 0 radical (unpaired) electrons. The van der Waals surface area contributed by atoms with E-state index in [0.29, 0.717) is 12.8 Å². The van der Waals surface area contributed by atoms with Gasteiger partial charge in [0.05, 0.1) is 18.5 Å². The molecule has 0 saturated heterocycles. The highest BCUT2D eigenvalue weighted by Gasteiger charge is 2.34. The molecule has 1 aromatic rings. The Morgan fingerprint density at radius 1 is 1.24 bits per heavy atom. The first-order valence-corrected chi connectivity index (χ1v) is 9.88. The fraction of sp³-hybridized carbons (Fsp3) is 0.455. The minimum atomic E-state index is -0.861. The largest absolute Gasteiger partial charge is 0.456 e. The highest BCUT2D eigenvalue weighted by molar-refractivity contribution is 5.83. The molecule has 1 aliphatic carbocycles. The normalized spacial score (nSPS) is 19.6. The lowest BCUT2D eigenvalue weighted by molar-refractivity contribution is -0.150. The van der Waals surface area contributed by atoms with Crippen molar-refractivity contribution in [3.63, 3.8) is 0 Å². The molecule has 7 nitrogen and oxygen atoms in total. The van der Waals surface area contributed by atoms with Crippen LogP contribution < -0.4 is 5.32 Å². The molecule has 1 fully saturated rings. The SMILES string of the molecule is CC(=O)N1C=Cc2ccccc2[C@@H]1CC(=O)OCC(=O)NC1(C#N)CCCCC1. The molecule has 3 rings (SSSR count). The molecule has 152 valence electrons. The fourth-order valence-corrected chi connectivity index (χ4v) is 4.00. The number of hydrogen-bond acceptors (Lipinski definition) is 5. The number of ether oxygens (including phenoxy) is 1. The Bertz CT molecular complexity index is 865. The Labute approximate surface area is 170 Å². The molecule has 2 aliphatic rings. The third-order valence-electron chi connectivity index (χ3n) is 5.49. The summed E-state index contributed by atoms with van der Waals surface area (Å²) in [5.74, 6) is -1.23. The molecule has 1 atom stereocenters. The molecule has 0 aromatic heterocycles. The number of hydrogen-bond donors (Lipinski definition) is 1. The number of carbonyl (C=O) groups excluding carboxylic acids is 3. The Morgan fingerprint density at radius 2 is 1.97 bits per heavy atom. The Morgan fingerprint density at radius 3 is 2.66 bits per heavy atom. The minimum Gasteiger partial charge on any atom is -0.456 e. The average Bonchev–Trinajstić information content (AvgIpc) is 2.73. The van der Waals surface area contributed by atoms with Gasteiger partial charge >= 0.3 is 5.97 Å². The molecular formula is C22H25N3O4. The summed E-state index contributed by atoms with van der Waals surface area (Å²) in [6.07, 6.45) is 7.50. The third-order valence-corrected chi connectivity index (χ3v) is 5.49. The van der Waals surface area contributed by atoms with Crippen molar-refractivity contribution in [3.8, 4) is 6.07 Å². The number of fused-ring (bicyclic) bond motifs is 1. The van der Waals surface area contributed by atoms with E-state index in [0.717, 1.165) is 30.4 Å². The van der Waals surface area contributed by atoms with Crippen molar-refractivity contribution in [2.45, 2.75) is 57.0 Å². The van der Waals surface area contributed by atoms with Gasteiger partial charge in [-0.1, -0.05) is 43.5 Å². The van der Waals surface area contributed by atoms with Crippen LogP contribution in [0.5, 0.6) is 0 Å². The maximum Gasteiger partial charge on any atom is 0.308 e. The molecule has 0 spiro atoms. The van der Waals surface area contributed by atoms with Crippen molar-refractivity contribution in [3.05, 3.63) is 41.6 Å². The molecule has 0 unspecified atom stereocenters. The Kier molecular flexibility index (Phi) is 6.32. The first-order chi connectivity index (χ1) is 13.9. The van der Waals surface area contributed by atoms with Gasteiger partial charge in [-0.3, -0.25) is 14.4 Å². The fourth-order valence-electron chi connectivity index (χ4n) is 4.00. The van der Waals surface area contributed by atoms with E-state index in [2.05, 4.69) is 11.4 Å². The van der Waals surface area contributed by atoms with E-state index >= 15 is 0 Å². The summed E-state index contributed by atoms with van der Waals surface area (Å²) in [4.78, 5) is 38.1. The van der Waals surface area contributed by atoms with Gasteiger partial charge in [-0.05, 0) is 30.0 Å². The number of nitriles is 1. The van der Waals surface area contributed by atoms with Gasteiger partial charge in [0.1, 0.15) is 5.54 Å². The lowest BCUT2D eigenvalue weighted by Gasteiger charge is -2.32. The molecule has 1 aromatic carbocycles. The van der Waals surface area contributed by atoms with Crippen LogP contribution in [0.2, 0.25) is 0 Å². The van der Waals surface area contributed by atoms with E-state index < -0.39 is 30.1 Å². The van der Waals surface area contributed by atoms with Gasteiger partial charge in [0.2, 0.25) is 5.91 Å². The van der Waals surface area contributed by atoms with Crippen molar-refractivity contribution in [1.29, 1.82) is 5.26 Å². The lowest BCUT2D eigenvalue weighted by atomic mass is 9.83. The van der Waals surface area contributed by atoms with Gasteiger partial charge < -0.3 is 15.0 Å². The van der Waals surface area contributed by atoms with E-state index in [4.69, 9.17) is 4.74 Å². The topological polar surface area (TPSA) is 99.5 Å². The quantitative estimate of drug-likeness (QED) is 0.773. The summed E-state index contributed by atoms with van der Waals surface area (Å²) in [6.45, 7) is 1.00. The first-order valence-electron chi connectivity index (χ1n) is 9.88. The summed E-state index contributed by atoms with van der Waals surface area (Å²) in [6, 6.07) is 9.27. The van der Waals surface area contributed by atoms with Gasteiger partial charge in [0, 0.05) is 13.1 Å². The van der Waals surface area contributed by atoms with E-state index in [1.165, 1.54) is 11.8 Å². The molecule has 1 saturated carbocycles. The van der Waals surface area contributed by atoms with Crippen LogP contribution in [0.4, 0.5) is 0 Å². The van der Waals surface area contributed by atoms with Crippen molar-refractivity contribution < 1.29 is 19.1 Å². The number of nitrogens with zero attached hydrogens (tertiary/aromatic N) is 2. The van der Waals surface area contributed by atoms with Crippen LogP contribution in [-0.2, 0) is 19.1 Å². The second-order valence-electron chi connectivity index (χ2n) is 7.55. The summed E-state index contributed by atoms with van der Waals surface area (Å²) in [5, 5.41) is 12.2. The van der Waals surface area contributed by atoms with Gasteiger partial charge in [0.25, 0.3) is 5.91 Å². The molecule has 7 heteroatoms. The van der Waals surface area contributed by atoms with Crippen LogP contribution >= 0.6 is 0 Å². The lowest BCUT2D eigenvalue weighted by Crippen LogP contribution is -2.50. The predicted octanol–water partition coefficient (Wildman–Crippen LogP) is 2.84. The predicted molar refractivity (Wildman–Crippen MR) is 106 cm³/mol. The van der Waals surface area contributed by atoms with E-state index in [1.54, 1.807) is 6.20 Å². The number of esters is 1. The number of benzene rings is 1. The number of rotatable bonds is 5. The number of nitrogens with one attached hydrogen (secondary N) is 1. The summed E-state index contributed by atoms with van der Waals surface area (Å²) >= 11 is 0. The molecule has 0 bridgehead atoms. The summed E-state index contributed by atoms with van der Waals surface area (Å²) in [5.41, 5.74) is 0.936. The van der Waals surface area contributed by atoms with E-state index in [1.807, 2.05) is 30.3 Å². The number of carbonyl (C=O) groups is 3. The van der Waals surface area contributed by atoms with E-state index in [-0.39, 0.29) is 12.3 Å². The van der Waals surface area contributed by atoms with Crippen molar-refractivity contribution >= 4 is 23.9 Å². The standard InChI is InChI=1S/C22H25N3O4/c1-16(26)25-12-9-17-7-3-4-8-18(17)19(25)13-21(28)29-14-20(27)24-22(15-23)10-5-2-6-11-22/h3-4,7-9,12,19H,2,5-6,10-11,13-14H2,1H3,(H,24,27)/t19-/m0/s1. The highest BCUT2D eigenvalue weighted by atomic mass is 16.5. The highest BCUT2D eigenvalue weighted by Crippen LogP contribution is 2.33. The zero-order valence-corrected chi connectivity index (χ0v) is 16.5. The van der Waals surface area contributed by atoms with Gasteiger partial charge in [-0.15, -0.1) is 0 Å². The van der Waals surface area contributed by atoms with Crippen LogP contribution in [0.25, 0.3) is 6.08 Å². The average molecular weight is 395 g/mol. The molecular weight excluding hydrogens is 370 g/mol. The van der Waals surface area contributed by atoms with Crippen molar-refractivity contribution in [1.82, 2.24) is 10.2 Å². The van der Waals surface area contributed by atoms with Gasteiger partial charge in [0.15, 0.2) is 6.61 Å². The van der Waals surface area contributed by atoms with Crippen LogP contribution in [0.15, 0.2) is 30.5 Å². The van der Waals surface area contributed by atoms with Crippen molar-refractivity contribution in [2.75, 3.05) is 6.61 Å². The third kappa shape index (κ3) is 4.83. The number of amides is 2. The maximum atomic E-state index is 12.4. The minimum absolute atomic E-state index is 0.0579. The van der Waals surface area contributed by atoms with Crippen molar-refractivity contribution in [2.24, 2.45) is 0 Å². The Balaban J connectivity index is 1.59. The molecule has 1 heterocycles. The van der Waals surface area contributed by atoms with E-state index in [9.17, 15) is 19.6 Å². The molecule has 2 amide bonds. The zero-order chi connectivity index (χ0) is 20.9. The molecule has 1 N–H and O–H groups in total. The van der Waals surface area contributed by atoms with Crippen LogP contribution in [-0.4, -0.2) is 34.8 Å². The molecule has 29 heavy (non-hydrogen) atoms. The molecule has 1 aliphatic heterocycles. The van der Waals surface area contributed by atoms with Crippen LogP contribution in [0.1, 0.15) is 62.6 Å². The second kappa shape index (κ2) is 8.91. The monoisotopic (exact) mass is 395 g/mol. The smallest absolute Gasteiger partial charge is 0.308 e. The summed E-state index contributed by atoms with van der Waals surface area (Å²) in [7, 11) is 0. The Hall–Kier alpha value is -3.14. The van der Waals surface area contributed by atoms with Crippen LogP contribution in [0, 0.1) is 11.3 Å². The van der Waals surface area contributed by atoms with Gasteiger partial charge in [-0.2, -0.15) is 5.26 Å².